The van der Waals surface area contributed by atoms with Crippen molar-refractivity contribution >= 4 is 46.2 Å². The molecule has 7 nitrogen and oxygen atoms in total. The summed E-state index contributed by atoms with van der Waals surface area (Å²) in [5, 5.41) is 0. The van der Waals surface area contributed by atoms with Crippen LogP contribution in [-0.2, 0) is 9.59 Å². The van der Waals surface area contributed by atoms with E-state index < -0.39 is 0 Å². The molecular formula is C23H30N2O5S2. The average molecular weight is 479 g/mol. The van der Waals surface area contributed by atoms with Crippen molar-refractivity contribution in [2.45, 2.75) is 45.1 Å². The number of carbonyl (C=O) groups excluding carboxylic acids is 2. The molecule has 0 unspecified atom stereocenters. The Hall–Kier alpha value is -2.26. The number of thioether (sulfide) groups is 1. The van der Waals surface area contributed by atoms with Gasteiger partial charge in [-0.15, -0.1) is 0 Å². The molecule has 0 aliphatic carbocycles. The fourth-order valence-corrected chi connectivity index (χ4v) is 5.44. The normalized spacial score (nSPS) is 20.1. The van der Waals surface area contributed by atoms with Gasteiger partial charge in [-0.2, -0.15) is 0 Å². The Morgan fingerprint density at radius 2 is 1.88 bits per heavy atom. The molecule has 1 aromatic rings. The number of likely N-dealkylation sites (tertiary alicyclic amines) is 1. The minimum absolute atomic E-state index is 0.0965. The van der Waals surface area contributed by atoms with Crippen LogP contribution in [0.3, 0.4) is 0 Å². The zero-order chi connectivity index (χ0) is 23.3. The Bertz CT molecular complexity index is 893. The first-order chi connectivity index (χ1) is 15.4. The van der Waals surface area contributed by atoms with Gasteiger partial charge in [-0.25, -0.2) is 0 Å². The number of carbonyl (C=O) groups is 2. The Kier molecular flexibility index (Phi) is 8.42. The summed E-state index contributed by atoms with van der Waals surface area (Å²) >= 11 is 6.67. The van der Waals surface area contributed by atoms with Gasteiger partial charge in [-0.1, -0.05) is 30.9 Å². The van der Waals surface area contributed by atoms with E-state index in [0.29, 0.717) is 39.1 Å². The third-order valence-electron chi connectivity index (χ3n) is 5.83. The molecule has 32 heavy (non-hydrogen) atoms. The fraction of sp³-hybridized carbons (Fsp3) is 0.522. The molecular weight excluding hydrogens is 448 g/mol. The van der Waals surface area contributed by atoms with Crippen LogP contribution in [0, 0.1) is 0 Å². The SMILES string of the molecule is CC[C@H]1CCCCN1C(=O)CCN1C(=O)/C(=C\c2cc(OC)c(OC)c(OC)c2)SC1=S. The average Bonchev–Trinajstić information content (AvgIpc) is 3.08. The lowest BCUT2D eigenvalue weighted by atomic mass is 9.99. The minimum Gasteiger partial charge on any atom is -0.493 e. The van der Waals surface area contributed by atoms with E-state index in [0.717, 1.165) is 31.4 Å². The number of methoxy groups -OCH3 is 3. The zero-order valence-corrected chi connectivity index (χ0v) is 20.6. The molecule has 2 aliphatic heterocycles. The van der Waals surface area contributed by atoms with Gasteiger partial charge in [-0.05, 0) is 49.5 Å². The summed E-state index contributed by atoms with van der Waals surface area (Å²) in [6.07, 6.45) is 6.26. The second-order valence-electron chi connectivity index (χ2n) is 7.69. The number of amides is 2. The van der Waals surface area contributed by atoms with E-state index in [9.17, 15) is 9.59 Å². The van der Waals surface area contributed by atoms with Crippen LogP contribution in [0.5, 0.6) is 17.2 Å². The predicted molar refractivity (Wildman–Crippen MR) is 130 cm³/mol. The molecule has 2 amide bonds. The molecule has 0 bridgehead atoms. The van der Waals surface area contributed by atoms with Crippen LogP contribution in [0.2, 0.25) is 0 Å². The summed E-state index contributed by atoms with van der Waals surface area (Å²) in [6.45, 7) is 3.21. The summed E-state index contributed by atoms with van der Waals surface area (Å²) in [7, 11) is 4.63. The van der Waals surface area contributed by atoms with E-state index >= 15 is 0 Å². The van der Waals surface area contributed by atoms with E-state index in [1.807, 2.05) is 4.90 Å². The van der Waals surface area contributed by atoms with E-state index in [1.165, 1.54) is 23.1 Å². The number of thiocarbonyl (C=S) groups is 1. The predicted octanol–water partition coefficient (Wildman–Crippen LogP) is 4.09. The molecule has 9 heteroatoms. The maximum atomic E-state index is 13.0. The molecule has 1 aromatic carbocycles. The first-order valence-electron chi connectivity index (χ1n) is 10.8. The van der Waals surface area contributed by atoms with Crippen molar-refractivity contribution in [2.75, 3.05) is 34.4 Å². The van der Waals surface area contributed by atoms with Crippen molar-refractivity contribution in [3.05, 3.63) is 22.6 Å². The van der Waals surface area contributed by atoms with Crippen molar-refractivity contribution in [2.24, 2.45) is 0 Å². The Morgan fingerprint density at radius 3 is 2.47 bits per heavy atom. The molecule has 2 saturated heterocycles. The van der Waals surface area contributed by atoms with E-state index in [4.69, 9.17) is 26.4 Å². The largest absolute Gasteiger partial charge is 0.493 e. The fourth-order valence-electron chi connectivity index (χ4n) is 4.13. The Balaban J connectivity index is 1.72. The maximum absolute atomic E-state index is 13.0. The van der Waals surface area contributed by atoms with Crippen molar-refractivity contribution in [3.63, 3.8) is 0 Å². The van der Waals surface area contributed by atoms with Crippen molar-refractivity contribution in [3.8, 4) is 17.2 Å². The molecule has 2 heterocycles. The zero-order valence-electron chi connectivity index (χ0n) is 19.0. The quantitative estimate of drug-likeness (QED) is 0.412. The van der Waals surface area contributed by atoms with Crippen molar-refractivity contribution < 1.29 is 23.8 Å². The molecule has 3 rings (SSSR count). The Morgan fingerprint density at radius 1 is 1.19 bits per heavy atom. The second kappa shape index (κ2) is 11.0. The second-order valence-corrected chi connectivity index (χ2v) is 9.36. The topological polar surface area (TPSA) is 68.3 Å². The lowest BCUT2D eigenvalue weighted by molar-refractivity contribution is -0.135. The number of nitrogens with zero attached hydrogens (tertiary/aromatic N) is 2. The molecule has 0 radical (unpaired) electrons. The summed E-state index contributed by atoms with van der Waals surface area (Å²) in [5.41, 5.74) is 0.732. The standard InChI is InChI=1S/C23H30N2O5S2/c1-5-16-8-6-7-10-24(16)20(26)9-11-25-22(27)19(32-23(25)31)14-15-12-17(28-2)21(30-4)18(13-15)29-3/h12-14,16H,5-11H2,1-4H3/b19-14+/t16-/m0/s1. The third kappa shape index (κ3) is 5.20. The van der Waals surface area contributed by atoms with Crippen LogP contribution in [0.1, 0.15) is 44.6 Å². The highest BCUT2D eigenvalue weighted by Gasteiger charge is 2.33. The van der Waals surface area contributed by atoms with Gasteiger partial charge in [0.05, 0.1) is 26.2 Å². The van der Waals surface area contributed by atoms with Gasteiger partial charge >= 0.3 is 0 Å². The molecule has 0 N–H and O–H groups in total. The van der Waals surface area contributed by atoms with Crippen LogP contribution in [0.4, 0.5) is 0 Å². The van der Waals surface area contributed by atoms with Crippen molar-refractivity contribution in [1.82, 2.24) is 9.80 Å². The smallest absolute Gasteiger partial charge is 0.266 e. The van der Waals surface area contributed by atoms with Gasteiger partial charge < -0.3 is 19.1 Å². The van der Waals surface area contributed by atoms with Crippen LogP contribution in [0.15, 0.2) is 17.0 Å². The van der Waals surface area contributed by atoms with Gasteiger partial charge in [0.15, 0.2) is 11.5 Å². The molecule has 0 spiro atoms. The molecule has 2 fully saturated rings. The summed E-state index contributed by atoms with van der Waals surface area (Å²) in [6, 6.07) is 3.86. The minimum atomic E-state index is -0.188. The highest BCUT2D eigenvalue weighted by molar-refractivity contribution is 8.26. The number of hydrogen-bond acceptors (Lipinski definition) is 7. The highest BCUT2D eigenvalue weighted by atomic mass is 32.2. The van der Waals surface area contributed by atoms with E-state index in [-0.39, 0.29) is 18.2 Å². The third-order valence-corrected chi connectivity index (χ3v) is 7.20. The summed E-state index contributed by atoms with van der Waals surface area (Å²) in [5.74, 6) is 1.41. The molecule has 2 aliphatic rings. The summed E-state index contributed by atoms with van der Waals surface area (Å²) < 4.78 is 16.6. The molecule has 0 aromatic heterocycles. The van der Waals surface area contributed by atoms with Gasteiger partial charge in [-0.3, -0.25) is 14.5 Å². The monoisotopic (exact) mass is 478 g/mol. The first-order valence-corrected chi connectivity index (χ1v) is 12.0. The molecule has 174 valence electrons. The molecule has 1 atom stereocenters. The Labute approximate surface area is 199 Å². The summed E-state index contributed by atoms with van der Waals surface area (Å²) in [4.78, 5) is 29.8. The lowest BCUT2D eigenvalue weighted by Gasteiger charge is -2.35. The van der Waals surface area contributed by atoms with Crippen LogP contribution in [0.25, 0.3) is 6.08 Å². The van der Waals surface area contributed by atoms with Gasteiger partial charge in [0, 0.05) is 25.6 Å². The van der Waals surface area contributed by atoms with E-state index in [2.05, 4.69) is 6.92 Å². The number of piperidine rings is 1. The lowest BCUT2D eigenvalue weighted by Crippen LogP contribution is -2.44. The highest BCUT2D eigenvalue weighted by Crippen LogP contribution is 2.40. The van der Waals surface area contributed by atoms with Crippen LogP contribution in [-0.4, -0.2) is 66.4 Å². The van der Waals surface area contributed by atoms with Crippen LogP contribution < -0.4 is 14.2 Å². The maximum Gasteiger partial charge on any atom is 0.266 e. The van der Waals surface area contributed by atoms with E-state index in [1.54, 1.807) is 39.5 Å². The van der Waals surface area contributed by atoms with Gasteiger partial charge in [0.2, 0.25) is 11.7 Å². The number of benzene rings is 1. The number of hydrogen-bond donors (Lipinski definition) is 0. The van der Waals surface area contributed by atoms with Gasteiger partial charge in [0.25, 0.3) is 5.91 Å². The van der Waals surface area contributed by atoms with Crippen LogP contribution >= 0.6 is 24.0 Å². The first kappa shape index (κ1) is 24.4. The van der Waals surface area contributed by atoms with Crippen molar-refractivity contribution in [1.29, 1.82) is 0 Å². The van der Waals surface area contributed by atoms with Gasteiger partial charge in [0.1, 0.15) is 4.32 Å². The number of rotatable bonds is 8. The molecule has 0 saturated carbocycles. The number of ether oxygens (including phenoxy) is 3.